The van der Waals surface area contributed by atoms with Gasteiger partial charge in [-0.1, -0.05) is 0 Å². The van der Waals surface area contributed by atoms with Crippen molar-refractivity contribution in [3.05, 3.63) is 22.0 Å². The van der Waals surface area contributed by atoms with Crippen LogP contribution < -0.4 is 0 Å². The molecule has 22 heavy (non-hydrogen) atoms. The number of aromatic nitrogens is 2. The molecule has 0 amide bonds. The first-order chi connectivity index (χ1) is 10.2. The number of carbonyl (C=O) groups excluding carboxylic acids is 1. The second-order valence-electron chi connectivity index (χ2n) is 6.10. The Labute approximate surface area is 143 Å². The normalized spacial score (nSPS) is 12.1. The Bertz CT molecular complexity index is 729. The highest BCUT2D eigenvalue weighted by Gasteiger charge is 2.20. The summed E-state index contributed by atoms with van der Waals surface area (Å²) in [7, 11) is 3.79. The van der Waals surface area contributed by atoms with E-state index in [0.717, 1.165) is 8.96 Å². The summed E-state index contributed by atoms with van der Waals surface area (Å²) in [5.74, 6) is 0.598. The van der Waals surface area contributed by atoms with Gasteiger partial charge in [0.1, 0.15) is 5.60 Å². The van der Waals surface area contributed by atoms with Crippen molar-refractivity contribution in [2.45, 2.75) is 26.4 Å². The first kappa shape index (κ1) is 16.7. The van der Waals surface area contributed by atoms with E-state index in [1.165, 1.54) is 4.57 Å². The first-order valence-corrected chi connectivity index (χ1v) is 7.86. The summed E-state index contributed by atoms with van der Waals surface area (Å²) in [6, 6.07) is 1.86. The van der Waals surface area contributed by atoms with Crippen LogP contribution in [-0.2, 0) is 4.74 Å². The fourth-order valence-corrected chi connectivity index (χ4v) is 2.49. The predicted octanol–water partition coefficient (Wildman–Crippen LogP) is 3.65. The molecular formula is C15H19IN4O2. The fraction of sp³-hybridized carbons (Fsp3) is 0.400. The van der Waals surface area contributed by atoms with E-state index in [1.807, 2.05) is 45.8 Å². The fourth-order valence-electron chi connectivity index (χ4n) is 1.78. The maximum Gasteiger partial charge on any atom is 0.419 e. The number of aliphatic imine (C=N–C) groups is 1. The second-order valence-corrected chi connectivity index (χ2v) is 7.26. The van der Waals surface area contributed by atoms with Gasteiger partial charge in [-0.25, -0.2) is 19.3 Å². The van der Waals surface area contributed by atoms with Crippen LogP contribution in [0.1, 0.15) is 20.8 Å². The van der Waals surface area contributed by atoms with Gasteiger partial charge in [-0.2, -0.15) is 0 Å². The second kappa shape index (κ2) is 6.23. The standard InChI is InChI=1S/C15H19IN4O2/c1-15(2,3)22-14(21)20-8-11(16)10-6-13(17-7-12(10)20)18-9-19(4)5/h6-9H,1-5H3/b18-9+. The summed E-state index contributed by atoms with van der Waals surface area (Å²) in [4.78, 5) is 22.6. The molecular weight excluding hydrogens is 395 g/mol. The molecule has 0 aromatic carbocycles. The van der Waals surface area contributed by atoms with Crippen LogP contribution in [-0.4, -0.2) is 46.6 Å². The van der Waals surface area contributed by atoms with Crippen LogP contribution in [0, 0.1) is 3.57 Å². The summed E-state index contributed by atoms with van der Waals surface area (Å²) in [5, 5.41) is 0.923. The lowest BCUT2D eigenvalue weighted by Gasteiger charge is -2.19. The predicted molar refractivity (Wildman–Crippen MR) is 95.9 cm³/mol. The molecule has 0 atom stereocenters. The Kier molecular flexibility index (Phi) is 4.74. The molecule has 0 N–H and O–H groups in total. The highest BCUT2D eigenvalue weighted by Crippen LogP contribution is 2.26. The molecule has 0 spiro atoms. The highest BCUT2D eigenvalue weighted by atomic mass is 127. The molecule has 0 aliphatic heterocycles. The molecule has 0 fully saturated rings. The Hall–Kier alpha value is -1.64. The van der Waals surface area contributed by atoms with Crippen molar-refractivity contribution in [2.24, 2.45) is 4.99 Å². The van der Waals surface area contributed by atoms with Gasteiger partial charge in [-0.05, 0) is 49.4 Å². The van der Waals surface area contributed by atoms with E-state index < -0.39 is 11.7 Å². The number of halogens is 1. The van der Waals surface area contributed by atoms with Gasteiger partial charge in [0.05, 0.1) is 18.1 Å². The van der Waals surface area contributed by atoms with Crippen LogP contribution >= 0.6 is 22.6 Å². The molecule has 118 valence electrons. The molecule has 6 nitrogen and oxygen atoms in total. The van der Waals surface area contributed by atoms with Crippen molar-refractivity contribution >= 4 is 51.7 Å². The molecule has 2 aromatic rings. The SMILES string of the molecule is CN(C)/C=N/c1cc2c(I)cn(C(=O)OC(C)(C)C)c2cn1. The van der Waals surface area contributed by atoms with Gasteiger partial charge in [0.25, 0.3) is 0 Å². The van der Waals surface area contributed by atoms with Gasteiger partial charge < -0.3 is 9.64 Å². The van der Waals surface area contributed by atoms with Crippen molar-refractivity contribution in [3.63, 3.8) is 0 Å². The number of carbonyl (C=O) groups is 1. The van der Waals surface area contributed by atoms with Crippen LogP contribution in [0.3, 0.4) is 0 Å². The Morgan fingerprint density at radius 3 is 2.73 bits per heavy atom. The van der Waals surface area contributed by atoms with Crippen molar-refractivity contribution < 1.29 is 9.53 Å². The van der Waals surface area contributed by atoms with Crippen LogP contribution in [0.15, 0.2) is 23.5 Å². The molecule has 0 bridgehead atoms. The number of pyridine rings is 1. The monoisotopic (exact) mass is 414 g/mol. The van der Waals surface area contributed by atoms with E-state index in [0.29, 0.717) is 11.3 Å². The average Bonchev–Trinajstić information content (AvgIpc) is 2.72. The van der Waals surface area contributed by atoms with Crippen molar-refractivity contribution in [1.82, 2.24) is 14.5 Å². The van der Waals surface area contributed by atoms with Crippen LogP contribution in [0.5, 0.6) is 0 Å². The van der Waals surface area contributed by atoms with Crippen LogP contribution in [0.4, 0.5) is 10.6 Å². The minimum absolute atomic E-state index is 0.410. The molecule has 0 unspecified atom stereocenters. The van der Waals surface area contributed by atoms with Gasteiger partial charge in [0.2, 0.25) is 0 Å². The van der Waals surface area contributed by atoms with Crippen molar-refractivity contribution in [1.29, 1.82) is 0 Å². The quantitative estimate of drug-likeness (QED) is 0.428. The van der Waals surface area contributed by atoms with E-state index in [9.17, 15) is 4.79 Å². The van der Waals surface area contributed by atoms with Gasteiger partial charge in [0, 0.05) is 29.2 Å². The smallest absolute Gasteiger partial charge is 0.419 e. The van der Waals surface area contributed by atoms with Gasteiger partial charge in [-0.3, -0.25) is 0 Å². The Morgan fingerprint density at radius 2 is 2.14 bits per heavy atom. The van der Waals surface area contributed by atoms with Crippen LogP contribution in [0.25, 0.3) is 10.9 Å². The van der Waals surface area contributed by atoms with Crippen molar-refractivity contribution in [3.8, 4) is 0 Å². The topological polar surface area (TPSA) is 59.7 Å². The summed E-state index contributed by atoms with van der Waals surface area (Å²) in [5.41, 5.74) is 0.171. The number of hydrogen-bond acceptors (Lipinski definition) is 4. The van der Waals surface area contributed by atoms with E-state index in [1.54, 1.807) is 18.7 Å². The van der Waals surface area contributed by atoms with E-state index in [4.69, 9.17) is 4.74 Å². The summed E-state index contributed by atoms with van der Waals surface area (Å²) >= 11 is 2.19. The number of rotatable bonds is 2. The molecule has 0 saturated heterocycles. The van der Waals surface area contributed by atoms with E-state index >= 15 is 0 Å². The maximum atomic E-state index is 12.3. The number of nitrogens with zero attached hydrogens (tertiary/aromatic N) is 4. The molecule has 2 aromatic heterocycles. The lowest BCUT2D eigenvalue weighted by Crippen LogP contribution is -2.26. The third-order valence-corrected chi connectivity index (χ3v) is 3.50. The third kappa shape index (κ3) is 3.96. The van der Waals surface area contributed by atoms with Gasteiger partial charge in [-0.15, -0.1) is 0 Å². The molecule has 0 radical (unpaired) electrons. The molecule has 0 aliphatic rings. The zero-order chi connectivity index (χ0) is 16.5. The summed E-state index contributed by atoms with van der Waals surface area (Å²) in [6.45, 7) is 5.52. The largest absolute Gasteiger partial charge is 0.443 e. The number of hydrogen-bond donors (Lipinski definition) is 0. The van der Waals surface area contributed by atoms with Gasteiger partial charge in [0.15, 0.2) is 5.82 Å². The average molecular weight is 414 g/mol. The third-order valence-electron chi connectivity index (χ3n) is 2.64. The van der Waals surface area contributed by atoms with Gasteiger partial charge >= 0.3 is 6.09 Å². The summed E-state index contributed by atoms with van der Waals surface area (Å²) in [6.07, 6.45) is 4.67. The Morgan fingerprint density at radius 1 is 1.45 bits per heavy atom. The number of fused-ring (bicyclic) bond motifs is 1. The molecule has 7 heteroatoms. The minimum Gasteiger partial charge on any atom is -0.443 e. The highest BCUT2D eigenvalue weighted by molar-refractivity contribution is 14.1. The lowest BCUT2D eigenvalue weighted by molar-refractivity contribution is 0.0544. The first-order valence-electron chi connectivity index (χ1n) is 6.78. The zero-order valence-corrected chi connectivity index (χ0v) is 15.5. The molecule has 2 heterocycles. The molecule has 0 saturated carbocycles. The lowest BCUT2D eigenvalue weighted by atomic mass is 10.2. The maximum absolute atomic E-state index is 12.3. The Balaban J connectivity index is 2.41. The van der Waals surface area contributed by atoms with Crippen LogP contribution in [0.2, 0.25) is 0 Å². The summed E-state index contributed by atoms with van der Waals surface area (Å²) < 4.78 is 7.84. The number of ether oxygens (including phenoxy) is 1. The van der Waals surface area contributed by atoms with E-state index in [2.05, 4.69) is 32.6 Å². The molecule has 0 aliphatic carbocycles. The molecule has 2 rings (SSSR count). The van der Waals surface area contributed by atoms with Crippen molar-refractivity contribution in [2.75, 3.05) is 14.1 Å². The van der Waals surface area contributed by atoms with E-state index in [-0.39, 0.29) is 0 Å². The minimum atomic E-state index is -0.539. The zero-order valence-electron chi connectivity index (χ0n) is 13.3.